The van der Waals surface area contributed by atoms with Crippen LogP contribution in [0.4, 0.5) is 23.2 Å². The maximum Gasteiger partial charge on any atom is 0.412 e. The number of aliphatic imine (C=N–C) groups is 1. The SMILES string of the molecule is C=C1C=C(C2=CCCCC2)N=C2C([C@H](Nc3ccc(F)cc3C(=O)O)C(F)(F)F)=CC(Cl)=CN12. The number of amidine groups is 1. The number of carboxylic acids is 1. The van der Waals surface area contributed by atoms with E-state index in [0.717, 1.165) is 49.5 Å². The number of fused-ring (bicyclic) bond motifs is 1. The summed E-state index contributed by atoms with van der Waals surface area (Å²) in [5, 5.41) is 11.6. The molecule has 1 aliphatic carbocycles. The molecule has 1 aromatic rings. The highest BCUT2D eigenvalue weighted by atomic mass is 35.5. The second-order valence-electron chi connectivity index (χ2n) is 8.03. The molecule has 2 aliphatic heterocycles. The van der Waals surface area contributed by atoms with Crippen molar-refractivity contribution in [2.75, 3.05) is 5.32 Å². The van der Waals surface area contributed by atoms with Crippen molar-refractivity contribution in [2.45, 2.75) is 37.9 Å². The molecule has 0 amide bonds. The molecule has 0 bridgehead atoms. The van der Waals surface area contributed by atoms with Gasteiger partial charge in [0.2, 0.25) is 0 Å². The van der Waals surface area contributed by atoms with Gasteiger partial charge in [0, 0.05) is 23.2 Å². The van der Waals surface area contributed by atoms with Crippen LogP contribution in [0, 0.1) is 5.82 Å². The zero-order chi connectivity index (χ0) is 24.6. The van der Waals surface area contributed by atoms with Crippen LogP contribution in [0.15, 0.2) is 81.8 Å². The number of allylic oxidation sites excluding steroid dienone is 5. The van der Waals surface area contributed by atoms with E-state index in [1.54, 1.807) is 6.08 Å². The lowest BCUT2D eigenvalue weighted by molar-refractivity contribution is -0.133. The van der Waals surface area contributed by atoms with E-state index >= 15 is 0 Å². The molecule has 0 aromatic heterocycles. The smallest absolute Gasteiger partial charge is 0.412 e. The Balaban J connectivity index is 1.80. The lowest BCUT2D eigenvalue weighted by atomic mass is 9.94. The van der Waals surface area contributed by atoms with E-state index in [-0.39, 0.29) is 16.4 Å². The zero-order valence-corrected chi connectivity index (χ0v) is 18.5. The van der Waals surface area contributed by atoms with Gasteiger partial charge in [-0.25, -0.2) is 14.2 Å². The molecule has 5 nitrogen and oxygen atoms in total. The molecule has 0 unspecified atom stereocenters. The van der Waals surface area contributed by atoms with Crippen molar-refractivity contribution in [3.63, 3.8) is 0 Å². The first-order valence-corrected chi connectivity index (χ1v) is 10.9. The number of benzene rings is 1. The van der Waals surface area contributed by atoms with Crippen molar-refractivity contribution in [1.29, 1.82) is 0 Å². The number of rotatable bonds is 5. The summed E-state index contributed by atoms with van der Waals surface area (Å²) in [6.07, 6.45) is 5.01. The lowest BCUT2D eigenvalue weighted by Gasteiger charge is -2.36. The first kappa shape index (κ1) is 23.8. The number of nitrogens with zero attached hydrogens (tertiary/aromatic N) is 2. The summed E-state index contributed by atoms with van der Waals surface area (Å²) in [5.41, 5.74) is 0.514. The Morgan fingerprint density at radius 2 is 2.03 bits per heavy atom. The average Bonchev–Trinajstić information content (AvgIpc) is 2.78. The molecule has 3 aliphatic rings. The molecule has 0 saturated carbocycles. The van der Waals surface area contributed by atoms with Gasteiger partial charge in [-0.15, -0.1) is 0 Å². The van der Waals surface area contributed by atoms with Crippen molar-refractivity contribution in [3.05, 3.63) is 88.2 Å². The molecule has 1 aromatic carbocycles. The summed E-state index contributed by atoms with van der Waals surface area (Å²) < 4.78 is 56.6. The van der Waals surface area contributed by atoms with Gasteiger partial charge in [0.1, 0.15) is 11.7 Å². The third kappa shape index (κ3) is 4.79. The van der Waals surface area contributed by atoms with E-state index in [9.17, 15) is 27.5 Å². The molecule has 10 heteroatoms. The summed E-state index contributed by atoms with van der Waals surface area (Å²) >= 11 is 6.16. The summed E-state index contributed by atoms with van der Waals surface area (Å²) in [7, 11) is 0. The van der Waals surface area contributed by atoms with E-state index in [0.29, 0.717) is 17.5 Å². The monoisotopic (exact) mass is 493 g/mol. The predicted molar refractivity (Wildman–Crippen MR) is 122 cm³/mol. The number of nitrogens with one attached hydrogen (secondary N) is 1. The van der Waals surface area contributed by atoms with Gasteiger partial charge in [-0.3, -0.25) is 0 Å². The largest absolute Gasteiger partial charge is 0.478 e. The maximum atomic E-state index is 14.3. The van der Waals surface area contributed by atoms with E-state index in [4.69, 9.17) is 11.6 Å². The Morgan fingerprint density at radius 3 is 2.68 bits per heavy atom. The highest BCUT2D eigenvalue weighted by molar-refractivity contribution is 6.32. The van der Waals surface area contributed by atoms with E-state index in [1.807, 2.05) is 6.08 Å². The van der Waals surface area contributed by atoms with Crippen LogP contribution in [-0.2, 0) is 0 Å². The van der Waals surface area contributed by atoms with Crippen molar-refractivity contribution in [2.24, 2.45) is 4.99 Å². The normalized spacial score (nSPS) is 19.3. The van der Waals surface area contributed by atoms with Crippen LogP contribution in [-0.4, -0.2) is 34.0 Å². The van der Waals surface area contributed by atoms with Crippen molar-refractivity contribution >= 4 is 29.1 Å². The fourth-order valence-corrected chi connectivity index (χ4v) is 4.26. The second kappa shape index (κ2) is 9.13. The fraction of sp³-hybridized carbons (Fsp3) is 0.250. The van der Waals surface area contributed by atoms with Crippen LogP contribution < -0.4 is 5.32 Å². The number of carboxylic acid groups (broad SMARTS) is 1. The molecular formula is C24H20ClF4N3O2. The topological polar surface area (TPSA) is 64.9 Å². The molecule has 0 radical (unpaired) electrons. The summed E-state index contributed by atoms with van der Waals surface area (Å²) in [6, 6.07) is 0.110. The van der Waals surface area contributed by atoms with Gasteiger partial charge in [-0.1, -0.05) is 24.3 Å². The number of halogens is 5. The Kier molecular flexibility index (Phi) is 6.40. The molecule has 34 heavy (non-hydrogen) atoms. The minimum atomic E-state index is -4.87. The highest BCUT2D eigenvalue weighted by Gasteiger charge is 2.46. The molecule has 2 N–H and O–H groups in total. The van der Waals surface area contributed by atoms with Crippen LogP contribution in [0.25, 0.3) is 0 Å². The van der Waals surface area contributed by atoms with Crippen molar-refractivity contribution in [1.82, 2.24) is 4.90 Å². The quantitative estimate of drug-likeness (QED) is 0.460. The first-order valence-electron chi connectivity index (χ1n) is 10.5. The van der Waals surface area contributed by atoms with Gasteiger partial charge in [-0.2, -0.15) is 13.2 Å². The average molecular weight is 494 g/mol. The minimum absolute atomic E-state index is 0.0115. The van der Waals surface area contributed by atoms with Gasteiger partial charge < -0.3 is 15.3 Å². The number of carbonyl (C=O) groups is 1. The van der Waals surface area contributed by atoms with Crippen molar-refractivity contribution < 1.29 is 27.5 Å². The molecular weight excluding hydrogens is 474 g/mol. The third-order valence-electron chi connectivity index (χ3n) is 5.64. The van der Waals surface area contributed by atoms with Gasteiger partial charge >= 0.3 is 12.1 Å². The molecule has 0 fully saturated rings. The Hall–Kier alpha value is -3.33. The molecule has 0 saturated heterocycles. The third-order valence-corrected chi connectivity index (χ3v) is 5.85. The molecule has 1 atom stereocenters. The summed E-state index contributed by atoms with van der Waals surface area (Å²) in [4.78, 5) is 17.4. The number of aromatic carboxylic acids is 1. The Bertz CT molecular complexity index is 1210. The van der Waals surface area contributed by atoms with Crippen LogP contribution >= 0.6 is 11.6 Å². The number of hydrogen-bond acceptors (Lipinski definition) is 4. The molecule has 4 rings (SSSR count). The summed E-state index contributed by atoms with van der Waals surface area (Å²) in [6.45, 7) is 3.96. The Morgan fingerprint density at radius 1 is 1.26 bits per heavy atom. The molecule has 178 valence electrons. The van der Waals surface area contributed by atoms with Crippen molar-refractivity contribution in [3.8, 4) is 0 Å². The standard InChI is InChI=1S/C24H20ClF4N3O2/c1-13-9-20(14-5-3-2-4-6-14)31-22-18(10-15(25)12-32(13)22)21(24(27,28)29)30-19-8-7-16(26)11-17(19)23(33)34/h5,7-12,21,30H,1-4,6H2,(H,33,34)/t21-/m0/s1. The van der Waals surface area contributed by atoms with Gasteiger partial charge in [0.15, 0.2) is 6.04 Å². The number of anilines is 1. The summed E-state index contributed by atoms with van der Waals surface area (Å²) in [5.74, 6) is -2.48. The Labute approximate surface area is 198 Å². The predicted octanol–water partition coefficient (Wildman–Crippen LogP) is 6.50. The first-order chi connectivity index (χ1) is 16.0. The maximum absolute atomic E-state index is 14.3. The van der Waals surface area contributed by atoms with E-state index in [1.165, 1.54) is 11.1 Å². The zero-order valence-electron chi connectivity index (χ0n) is 17.8. The number of alkyl halides is 3. The minimum Gasteiger partial charge on any atom is -0.478 e. The van der Waals surface area contributed by atoms with E-state index in [2.05, 4.69) is 16.9 Å². The van der Waals surface area contributed by atoms with Crippen LogP contribution in [0.2, 0.25) is 0 Å². The van der Waals surface area contributed by atoms with Gasteiger partial charge in [0.05, 0.1) is 16.3 Å². The molecule has 2 heterocycles. The molecule has 0 spiro atoms. The van der Waals surface area contributed by atoms with Gasteiger partial charge in [-0.05, 0) is 61.6 Å². The van der Waals surface area contributed by atoms with Crippen LogP contribution in [0.1, 0.15) is 36.0 Å². The lowest BCUT2D eigenvalue weighted by Crippen LogP contribution is -2.45. The van der Waals surface area contributed by atoms with Gasteiger partial charge in [0.25, 0.3) is 0 Å². The number of hydrogen-bond donors (Lipinski definition) is 2. The second-order valence-corrected chi connectivity index (χ2v) is 8.47. The highest BCUT2D eigenvalue weighted by Crippen LogP contribution is 2.38. The van der Waals surface area contributed by atoms with E-state index < -0.39 is 35.3 Å². The fourth-order valence-electron chi connectivity index (χ4n) is 4.04. The van der Waals surface area contributed by atoms with Crippen LogP contribution in [0.3, 0.4) is 0 Å². The van der Waals surface area contributed by atoms with Crippen LogP contribution in [0.5, 0.6) is 0 Å².